The molecule has 0 saturated carbocycles. The Morgan fingerprint density at radius 3 is 2.90 bits per heavy atom. The maximum atomic E-state index is 11.5. The van der Waals surface area contributed by atoms with Gasteiger partial charge in [0, 0.05) is 34.1 Å². The summed E-state index contributed by atoms with van der Waals surface area (Å²) in [7, 11) is -3.00. The van der Waals surface area contributed by atoms with Crippen LogP contribution in [0.4, 0.5) is 0 Å². The van der Waals surface area contributed by atoms with Crippen LogP contribution in [-0.2, 0) is 16.3 Å². The van der Waals surface area contributed by atoms with Crippen LogP contribution in [0.1, 0.15) is 30.1 Å². The zero-order valence-electron chi connectivity index (χ0n) is 11.7. The van der Waals surface area contributed by atoms with Gasteiger partial charge < -0.3 is 10.3 Å². The molecule has 2 unspecified atom stereocenters. The summed E-state index contributed by atoms with van der Waals surface area (Å²) in [6.45, 7) is 0. The van der Waals surface area contributed by atoms with Gasteiger partial charge in [0.05, 0.1) is 5.75 Å². The number of rotatable bonds is 2. The number of benzene rings is 1. The molecule has 2 heterocycles. The maximum absolute atomic E-state index is 11.5. The van der Waals surface area contributed by atoms with Crippen molar-refractivity contribution in [3.8, 4) is 0 Å². The van der Waals surface area contributed by atoms with Gasteiger partial charge in [-0.15, -0.1) is 0 Å². The van der Waals surface area contributed by atoms with E-state index >= 15 is 0 Å². The standard InChI is InChI=1S/C16H18N2O2S/c19-21(20)9-8-11(10-21)17-15-7-3-5-13-12-4-1-2-6-14(12)18-16(13)15/h1-2,4,6,8-9,11,15,17-18H,3,5,7,10H2. The van der Waals surface area contributed by atoms with E-state index in [-0.39, 0.29) is 17.8 Å². The number of sulfone groups is 1. The van der Waals surface area contributed by atoms with E-state index in [1.54, 1.807) is 6.08 Å². The first-order chi connectivity index (χ1) is 10.1. The lowest BCUT2D eigenvalue weighted by Crippen LogP contribution is -2.35. The van der Waals surface area contributed by atoms with E-state index in [2.05, 4.69) is 28.5 Å². The summed E-state index contributed by atoms with van der Waals surface area (Å²) in [5.74, 6) is 0.180. The van der Waals surface area contributed by atoms with Gasteiger partial charge >= 0.3 is 0 Å². The Labute approximate surface area is 124 Å². The topological polar surface area (TPSA) is 62.0 Å². The van der Waals surface area contributed by atoms with Crippen molar-refractivity contribution in [3.63, 3.8) is 0 Å². The molecular weight excluding hydrogens is 284 g/mol. The predicted octanol–water partition coefficient (Wildman–Crippen LogP) is 2.45. The molecule has 1 aliphatic carbocycles. The molecule has 0 spiro atoms. The van der Waals surface area contributed by atoms with Crippen LogP contribution in [0.5, 0.6) is 0 Å². The van der Waals surface area contributed by atoms with Gasteiger partial charge in [-0.25, -0.2) is 8.42 Å². The van der Waals surface area contributed by atoms with E-state index in [9.17, 15) is 8.42 Å². The van der Waals surface area contributed by atoms with Crippen molar-refractivity contribution < 1.29 is 8.42 Å². The molecule has 1 aliphatic heterocycles. The Bertz CT molecular complexity index is 820. The van der Waals surface area contributed by atoms with Gasteiger partial charge in [-0.2, -0.15) is 0 Å². The van der Waals surface area contributed by atoms with Gasteiger partial charge in [-0.1, -0.05) is 24.3 Å². The molecule has 0 fully saturated rings. The first-order valence-corrected chi connectivity index (χ1v) is 9.10. The molecule has 2 N–H and O–H groups in total. The highest BCUT2D eigenvalue weighted by molar-refractivity contribution is 7.94. The number of aryl methyl sites for hydroxylation is 1. The minimum Gasteiger partial charge on any atom is -0.357 e. The number of aromatic nitrogens is 1. The van der Waals surface area contributed by atoms with Crippen LogP contribution in [0.3, 0.4) is 0 Å². The first-order valence-electron chi connectivity index (χ1n) is 7.39. The highest BCUT2D eigenvalue weighted by Crippen LogP contribution is 2.35. The molecule has 1 aromatic carbocycles. The Hall–Kier alpha value is -1.59. The summed E-state index contributed by atoms with van der Waals surface area (Å²) in [5, 5.41) is 6.13. The average molecular weight is 302 g/mol. The molecule has 4 rings (SSSR count). The zero-order chi connectivity index (χ0) is 14.4. The third-order valence-electron chi connectivity index (χ3n) is 4.46. The summed E-state index contributed by atoms with van der Waals surface area (Å²) in [6.07, 6.45) is 5.04. The number of para-hydroxylation sites is 1. The van der Waals surface area contributed by atoms with Crippen LogP contribution in [0.2, 0.25) is 0 Å². The third-order valence-corrected chi connectivity index (χ3v) is 5.86. The highest BCUT2D eigenvalue weighted by atomic mass is 32.2. The van der Waals surface area contributed by atoms with Crippen LogP contribution >= 0.6 is 0 Å². The number of hydrogen-bond acceptors (Lipinski definition) is 3. The second-order valence-electron chi connectivity index (χ2n) is 5.94. The first kappa shape index (κ1) is 13.1. The largest absolute Gasteiger partial charge is 0.357 e. The van der Waals surface area contributed by atoms with Gasteiger partial charge in [-0.3, -0.25) is 0 Å². The van der Waals surface area contributed by atoms with Crippen molar-refractivity contribution in [1.82, 2.24) is 10.3 Å². The fourth-order valence-corrected chi connectivity index (χ4v) is 4.77. The van der Waals surface area contributed by atoms with Crippen molar-refractivity contribution in [2.75, 3.05) is 5.75 Å². The Morgan fingerprint density at radius 2 is 2.10 bits per heavy atom. The van der Waals surface area contributed by atoms with Gasteiger partial charge in [-0.05, 0) is 30.9 Å². The summed E-state index contributed by atoms with van der Waals surface area (Å²) in [6, 6.07) is 8.51. The number of fused-ring (bicyclic) bond motifs is 3. The van der Waals surface area contributed by atoms with Gasteiger partial charge in [0.15, 0.2) is 9.84 Å². The summed E-state index contributed by atoms with van der Waals surface area (Å²) >= 11 is 0. The lowest BCUT2D eigenvalue weighted by molar-refractivity contribution is 0.435. The minimum absolute atomic E-state index is 0.0719. The van der Waals surface area contributed by atoms with Crippen molar-refractivity contribution in [2.24, 2.45) is 0 Å². The van der Waals surface area contributed by atoms with E-state index in [0.717, 1.165) is 19.3 Å². The molecule has 0 amide bonds. The molecule has 0 radical (unpaired) electrons. The van der Waals surface area contributed by atoms with E-state index < -0.39 is 9.84 Å². The normalized spacial score (nSPS) is 27.0. The summed E-state index contributed by atoms with van der Waals surface area (Å²) in [5.41, 5.74) is 3.80. The summed E-state index contributed by atoms with van der Waals surface area (Å²) < 4.78 is 23.1. The van der Waals surface area contributed by atoms with Crippen LogP contribution in [0.25, 0.3) is 10.9 Å². The average Bonchev–Trinajstić information content (AvgIpc) is 3.00. The maximum Gasteiger partial charge on any atom is 0.173 e. The van der Waals surface area contributed by atoms with Gasteiger partial charge in [0.25, 0.3) is 0 Å². The smallest absolute Gasteiger partial charge is 0.173 e. The van der Waals surface area contributed by atoms with Crippen molar-refractivity contribution in [3.05, 3.63) is 47.0 Å². The van der Waals surface area contributed by atoms with Crippen LogP contribution < -0.4 is 5.32 Å². The number of nitrogens with one attached hydrogen (secondary N) is 2. The Kier molecular flexibility index (Phi) is 2.94. The van der Waals surface area contributed by atoms with Crippen LogP contribution in [0.15, 0.2) is 35.7 Å². The third kappa shape index (κ3) is 2.30. The number of H-pyrrole nitrogens is 1. The van der Waals surface area contributed by atoms with Gasteiger partial charge in [0.2, 0.25) is 0 Å². The van der Waals surface area contributed by atoms with E-state index in [0.29, 0.717) is 0 Å². The van der Waals surface area contributed by atoms with E-state index in [1.807, 2.05) is 6.07 Å². The fraction of sp³-hybridized carbons (Fsp3) is 0.375. The van der Waals surface area contributed by atoms with Crippen molar-refractivity contribution >= 4 is 20.7 Å². The molecule has 0 bridgehead atoms. The minimum atomic E-state index is -3.00. The SMILES string of the molecule is O=S1(=O)C=CC(NC2CCCc3c2[nH]c2ccccc32)C1. The van der Waals surface area contributed by atoms with Crippen LogP contribution in [-0.4, -0.2) is 25.2 Å². The molecule has 110 valence electrons. The molecule has 2 atom stereocenters. The second kappa shape index (κ2) is 4.71. The highest BCUT2D eigenvalue weighted by Gasteiger charge is 2.28. The molecule has 5 heteroatoms. The monoisotopic (exact) mass is 302 g/mol. The molecule has 4 nitrogen and oxygen atoms in total. The molecule has 1 aromatic heterocycles. The van der Waals surface area contributed by atoms with Crippen molar-refractivity contribution in [1.29, 1.82) is 0 Å². The Morgan fingerprint density at radius 1 is 1.24 bits per heavy atom. The number of aromatic amines is 1. The Balaban J connectivity index is 1.66. The lowest BCUT2D eigenvalue weighted by Gasteiger charge is -2.26. The number of hydrogen-bond donors (Lipinski definition) is 2. The summed E-state index contributed by atoms with van der Waals surface area (Å²) in [4.78, 5) is 3.52. The molecule has 0 saturated heterocycles. The van der Waals surface area contributed by atoms with E-state index in [1.165, 1.54) is 27.6 Å². The van der Waals surface area contributed by atoms with Crippen molar-refractivity contribution in [2.45, 2.75) is 31.3 Å². The lowest BCUT2D eigenvalue weighted by atomic mass is 9.91. The predicted molar refractivity (Wildman–Crippen MR) is 83.8 cm³/mol. The molecule has 2 aliphatic rings. The fourth-order valence-electron chi connectivity index (χ4n) is 3.52. The van der Waals surface area contributed by atoms with E-state index in [4.69, 9.17) is 0 Å². The molecule has 2 aromatic rings. The molecular formula is C16H18N2O2S. The quantitative estimate of drug-likeness (QED) is 0.895. The zero-order valence-corrected chi connectivity index (χ0v) is 12.5. The van der Waals surface area contributed by atoms with Gasteiger partial charge in [0.1, 0.15) is 0 Å². The molecule has 21 heavy (non-hydrogen) atoms. The second-order valence-corrected chi connectivity index (χ2v) is 7.87. The van der Waals surface area contributed by atoms with Crippen LogP contribution in [0, 0.1) is 0 Å².